The average molecular weight is 364 g/mol. The molecule has 1 aromatic rings. The van der Waals surface area contributed by atoms with Crippen LogP contribution in [0.3, 0.4) is 0 Å². The molecule has 146 valence electrons. The lowest BCUT2D eigenvalue weighted by molar-refractivity contribution is 0.0331. The minimum Gasteiger partial charge on any atom is -0.381 e. The van der Waals surface area contributed by atoms with Crippen LogP contribution in [0.4, 0.5) is 5.82 Å². The largest absolute Gasteiger partial charge is 0.381 e. The first-order valence-electron chi connectivity index (χ1n) is 10.2. The predicted octanol–water partition coefficient (Wildman–Crippen LogP) is 0.997. The number of piperazine rings is 1. The summed E-state index contributed by atoms with van der Waals surface area (Å²) < 4.78 is 13.2. The van der Waals surface area contributed by atoms with Crippen LogP contribution in [0.15, 0.2) is 6.07 Å². The Morgan fingerprint density at radius 3 is 2.19 bits per heavy atom. The molecule has 7 heteroatoms. The maximum atomic E-state index is 5.50. The van der Waals surface area contributed by atoms with Crippen molar-refractivity contribution in [1.82, 2.24) is 19.6 Å². The fraction of sp³-hybridized carbons (Fsp3) is 0.842. The Kier molecular flexibility index (Phi) is 6.09. The van der Waals surface area contributed by atoms with Crippen molar-refractivity contribution in [2.24, 2.45) is 0 Å². The molecule has 4 heterocycles. The molecular weight excluding hydrogens is 330 g/mol. The van der Waals surface area contributed by atoms with Gasteiger partial charge in [0.2, 0.25) is 0 Å². The first-order chi connectivity index (χ1) is 12.8. The smallest absolute Gasteiger partial charge is 0.150 e. The van der Waals surface area contributed by atoms with Crippen LogP contribution < -0.4 is 4.90 Å². The van der Waals surface area contributed by atoms with Crippen molar-refractivity contribution in [3.05, 3.63) is 11.8 Å². The predicted molar refractivity (Wildman–Crippen MR) is 102 cm³/mol. The molecular formula is C19H33N5O2. The normalized spacial score (nSPS) is 24.3. The summed E-state index contributed by atoms with van der Waals surface area (Å²) in [5.74, 6) is 1.15. The fourth-order valence-corrected chi connectivity index (χ4v) is 4.23. The van der Waals surface area contributed by atoms with Gasteiger partial charge in [0.25, 0.3) is 0 Å². The second-order valence-electron chi connectivity index (χ2n) is 7.71. The number of aryl methyl sites for hydroxylation is 1. The number of ether oxygens (including phenoxy) is 2. The molecule has 0 atom stereocenters. The molecule has 0 spiro atoms. The number of nitrogens with zero attached hydrogens (tertiary/aromatic N) is 5. The van der Waals surface area contributed by atoms with Crippen molar-refractivity contribution in [1.29, 1.82) is 0 Å². The highest BCUT2D eigenvalue weighted by atomic mass is 16.5. The first kappa shape index (κ1) is 18.2. The monoisotopic (exact) mass is 363 g/mol. The van der Waals surface area contributed by atoms with Crippen molar-refractivity contribution in [2.75, 3.05) is 83.7 Å². The van der Waals surface area contributed by atoms with Gasteiger partial charge in [0.05, 0.1) is 19.3 Å². The van der Waals surface area contributed by atoms with Crippen LogP contribution in [0.2, 0.25) is 0 Å². The summed E-state index contributed by atoms with van der Waals surface area (Å²) in [7, 11) is 0. The molecule has 3 fully saturated rings. The molecule has 0 N–H and O–H groups in total. The number of rotatable bonds is 5. The average Bonchev–Trinajstić information content (AvgIpc) is 3.10. The number of hydrogen-bond acceptors (Lipinski definition) is 6. The summed E-state index contributed by atoms with van der Waals surface area (Å²) in [6.45, 7) is 14.6. The molecule has 7 nitrogen and oxygen atoms in total. The maximum Gasteiger partial charge on any atom is 0.150 e. The standard InChI is InChI=1S/C19H33N5O2/c1-17-16-19(20-24(17)18-2-12-25-13-3-18)23-8-6-21(7-9-23)4-5-22-10-14-26-15-11-22/h16,18H,2-15H2,1H3. The topological polar surface area (TPSA) is 46.0 Å². The fourth-order valence-electron chi connectivity index (χ4n) is 4.23. The molecule has 0 aromatic carbocycles. The van der Waals surface area contributed by atoms with Gasteiger partial charge in [0.1, 0.15) is 0 Å². The summed E-state index contributed by atoms with van der Waals surface area (Å²) in [5, 5.41) is 4.95. The van der Waals surface area contributed by atoms with Gasteiger partial charge in [-0.25, -0.2) is 0 Å². The number of anilines is 1. The van der Waals surface area contributed by atoms with Crippen molar-refractivity contribution in [3.63, 3.8) is 0 Å². The van der Waals surface area contributed by atoms with E-state index in [9.17, 15) is 0 Å². The lowest BCUT2D eigenvalue weighted by Gasteiger charge is -2.36. The van der Waals surface area contributed by atoms with Crippen LogP contribution in [0.1, 0.15) is 24.6 Å². The van der Waals surface area contributed by atoms with Gasteiger partial charge in [-0.05, 0) is 19.8 Å². The van der Waals surface area contributed by atoms with Crippen molar-refractivity contribution in [2.45, 2.75) is 25.8 Å². The number of hydrogen-bond donors (Lipinski definition) is 0. The second kappa shape index (κ2) is 8.69. The summed E-state index contributed by atoms with van der Waals surface area (Å²) in [4.78, 5) is 7.57. The van der Waals surface area contributed by atoms with E-state index in [2.05, 4.69) is 32.4 Å². The van der Waals surface area contributed by atoms with E-state index in [-0.39, 0.29) is 0 Å². The van der Waals surface area contributed by atoms with E-state index in [1.165, 1.54) is 18.8 Å². The Labute approximate surface area is 156 Å². The molecule has 3 aliphatic heterocycles. The van der Waals surface area contributed by atoms with Crippen LogP contribution in [0, 0.1) is 6.92 Å². The molecule has 3 aliphatic rings. The SMILES string of the molecule is Cc1cc(N2CCN(CCN3CCOCC3)CC2)nn1C1CCOCC1. The Morgan fingerprint density at radius 1 is 0.885 bits per heavy atom. The molecule has 0 radical (unpaired) electrons. The quantitative estimate of drug-likeness (QED) is 0.778. The zero-order valence-corrected chi connectivity index (χ0v) is 16.1. The molecule has 4 rings (SSSR count). The third-order valence-electron chi connectivity index (χ3n) is 5.98. The van der Waals surface area contributed by atoms with Crippen LogP contribution in [-0.4, -0.2) is 98.4 Å². The Bertz CT molecular complexity index is 558. The second-order valence-corrected chi connectivity index (χ2v) is 7.71. The summed E-state index contributed by atoms with van der Waals surface area (Å²) in [6.07, 6.45) is 2.16. The third kappa shape index (κ3) is 4.39. The molecule has 0 saturated carbocycles. The zero-order valence-electron chi connectivity index (χ0n) is 16.1. The summed E-state index contributed by atoms with van der Waals surface area (Å²) >= 11 is 0. The van der Waals surface area contributed by atoms with Gasteiger partial charge < -0.3 is 14.4 Å². The van der Waals surface area contributed by atoms with E-state index in [0.717, 1.165) is 84.4 Å². The number of morpholine rings is 1. The van der Waals surface area contributed by atoms with E-state index in [4.69, 9.17) is 14.6 Å². The molecule has 0 amide bonds. The van der Waals surface area contributed by atoms with Gasteiger partial charge in [-0.15, -0.1) is 0 Å². The van der Waals surface area contributed by atoms with Crippen LogP contribution in [-0.2, 0) is 9.47 Å². The van der Waals surface area contributed by atoms with E-state index < -0.39 is 0 Å². The minimum absolute atomic E-state index is 0.507. The van der Waals surface area contributed by atoms with E-state index in [0.29, 0.717) is 6.04 Å². The van der Waals surface area contributed by atoms with Crippen LogP contribution in [0.25, 0.3) is 0 Å². The summed E-state index contributed by atoms with van der Waals surface area (Å²) in [6, 6.07) is 2.77. The van der Waals surface area contributed by atoms with Crippen molar-refractivity contribution < 1.29 is 9.47 Å². The molecule has 0 aliphatic carbocycles. The van der Waals surface area contributed by atoms with Gasteiger partial charge in [-0.2, -0.15) is 5.10 Å². The third-order valence-corrected chi connectivity index (χ3v) is 5.98. The highest BCUT2D eigenvalue weighted by Gasteiger charge is 2.23. The van der Waals surface area contributed by atoms with E-state index >= 15 is 0 Å². The van der Waals surface area contributed by atoms with E-state index in [1.807, 2.05) is 0 Å². The Hall–Kier alpha value is -1.15. The molecule has 3 saturated heterocycles. The van der Waals surface area contributed by atoms with Crippen LogP contribution >= 0.6 is 0 Å². The highest BCUT2D eigenvalue weighted by molar-refractivity contribution is 5.40. The van der Waals surface area contributed by atoms with Gasteiger partial charge in [0, 0.05) is 77.3 Å². The van der Waals surface area contributed by atoms with Crippen molar-refractivity contribution >= 4 is 5.82 Å². The van der Waals surface area contributed by atoms with E-state index in [1.54, 1.807) is 0 Å². The Balaban J connectivity index is 1.26. The molecule has 1 aromatic heterocycles. The first-order valence-corrected chi connectivity index (χ1v) is 10.2. The Morgan fingerprint density at radius 2 is 1.50 bits per heavy atom. The zero-order chi connectivity index (χ0) is 17.8. The summed E-state index contributed by atoms with van der Waals surface area (Å²) in [5.41, 5.74) is 1.28. The molecule has 26 heavy (non-hydrogen) atoms. The van der Waals surface area contributed by atoms with Gasteiger partial charge in [0.15, 0.2) is 5.82 Å². The molecule has 0 bridgehead atoms. The van der Waals surface area contributed by atoms with Gasteiger partial charge in [-0.3, -0.25) is 14.5 Å². The lowest BCUT2D eigenvalue weighted by atomic mass is 10.1. The maximum absolute atomic E-state index is 5.50. The highest BCUT2D eigenvalue weighted by Crippen LogP contribution is 2.25. The van der Waals surface area contributed by atoms with Gasteiger partial charge >= 0.3 is 0 Å². The number of aromatic nitrogens is 2. The van der Waals surface area contributed by atoms with Crippen LogP contribution in [0.5, 0.6) is 0 Å². The molecule has 0 unspecified atom stereocenters. The lowest BCUT2D eigenvalue weighted by Crippen LogP contribution is -2.49. The van der Waals surface area contributed by atoms with Crippen molar-refractivity contribution in [3.8, 4) is 0 Å². The minimum atomic E-state index is 0.507. The van der Waals surface area contributed by atoms with Gasteiger partial charge in [-0.1, -0.05) is 0 Å².